The van der Waals surface area contributed by atoms with E-state index in [9.17, 15) is 19.5 Å². The van der Waals surface area contributed by atoms with E-state index in [-0.39, 0.29) is 36.4 Å². The topological polar surface area (TPSA) is 99.1 Å². The molecular weight excluding hydrogens is 455 g/mol. The fraction of sp³-hybridized carbons (Fsp3) is 0.708. The minimum atomic E-state index is -1.74. The normalized spacial score (nSPS) is 45.9. The van der Waals surface area contributed by atoms with Gasteiger partial charge in [0.25, 0.3) is 0 Å². The highest BCUT2D eigenvalue weighted by Gasteiger charge is 2.74. The van der Waals surface area contributed by atoms with Gasteiger partial charge in [-0.1, -0.05) is 38.4 Å². The van der Waals surface area contributed by atoms with E-state index in [4.69, 9.17) is 25.8 Å². The summed E-state index contributed by atoms with van der Waals surface area (Å²) in [6, 6.07) is -0.426. The number of esters is 1. The second-order valence-corrected chi connectivity index (χ2v) is 10.5. The summed E-state index contributed by atoms with van der Waals surface area (Å²) >= 11 is 5.69. The maximum absolute atomic E-state index is 15.5. The summed E-state index contributed by atoms with van der Waals surface area (Å²) in [5.41, 5.74) is -3.22. The Bertz CT molecular complexity index is 934. The molecule has 0 aromatic carbocycles. The summed E-state index contributed by atoms with van der Waals surface area (Å²) in [5.74, 6) is -2.47. The number of halogens is 2. The number of methoxy groups -OCH3 is 1. The van der Waals surface area contributed by atoms with Crippen LogP contribution in [0.4, 0.5) is 9.18 Å². The molecule has 0 spiro atoms. The van der Waals surface area contributed by atoms with Crippen molar-refractivity contribution in [3.8, 4) is 0 Å². The standard InChI is InChI=1S/C24H30ClFO7/c1-12-7-15-14-9-17(26)16-8-13(27)5-6-22(16,2)19(14)18(28)10-23(15,3)24(12,20(29)32-11-25)33-21(30)31-4/h5-6,8,12,14-15,17-19,28H,7,9-11H2,1-4H3/t12-,14+,15+,17+,18+,19-,22+,23+,24+/m1/s1. The molecule has 4 aliphatic rings. The first-order valence-electron chi connectivity index (χ1n) is 11.2. The highest BCUT2D eigenvalue weighted by molar-refractivity contribution is 6.17. The SMILES string of the molecule is COC(=O)O[C@]1(C(=O)OCCl)[C@H](C)C[C@H]2[C@@H]3C[C@H](F)C4=CC(=O)C=C[C@]4(C)[C@H]3[C@@H](O)C[C@@]21C. The number of aliphatic hydroxyl groups excluding tert-OH is 1. The van der Waals surface area contributed by atoms with Gasteiger partial charge >= 0.3 is 12.1 Å². The van der Waals surface area contributed by atoms with Crippen LogP contribution in [0.1, 0.15) is 40.0 Å². The zero-order valence-corrected chi connectivity index (χ0v) is 19.9. The molecule has 0 radical (unpaired) electrons. The van der Waals surface area contributed by atoms with Crippen molar-refractivity contribution in [3.05, 3.63) is 23.8 Å². The summed E-state index contributed by atoms with van der Waals surface area (Å²) in [6.07, 6.45) is 1.84. The number of allylic oxidation sites excluding steroid dienone is 4. The van der Waals surface area contributed by atoms with Gasteiger partial charge in [0.2, 0.25) is 5.60 Å². The van der Waals surface area contributed by atoms with Gasteiger partial charge in [-0.05, 0) is 48.8 Å². The number of alkyl halides is 2. The van der Waals surface area contributed by atoms with Crippen LogP contribution in [0.15, 0.2) is 23.8 Å². The third-order valence-corrected chi connectivity index (χ3v) is 9.03. The molecule has 33 heavy (non-hydrogen) atoms. The van der Waals surface area contributed by atoms with Gasteiger partial charge < -0.3 is 19.3 Å². The summed E-state index contributed by atoms with van der Waals surface area (Å²) in [5, 5.41) is 11.5. The second kappa shape index (κ2) is 8.08. The molecule has 7 nitrogen and oxygen atoms in total. The summed E-state index contributed by atoms with van der Waals surface area (Å²) in [7, 11) is 1.15. The monoisotopic (exact) mass is 484 g/mol. The number of ketones is 1. The van der Waals surface area contributed by atoms with Crippen molar-refractivity contribution in [2.75, 3.05) is 13.2 Å². The van der Waals surface area contributed by atoms with Crippen molar-refractivity contribution in [2.24, 2.45) is 34.5 Å². The smallest absolute Gasteiger partial charge is 0.446 e. The molecule has 0 amide bonds. The molecule has 3 saturated carbocycles. The first-order chi connectivity index (χ1) is 15.5. The lowest BCUT2D eigenvalue weighted by atomic mass is 9.46. The quantitative estimate of drug-likeness (QED) is 0.481. The van der Waals surface area contributed by atoms with Gasteiger partial charge in [0, 0.05) is 22.7 Å². The molecule has 4 rings (SSSR count). The minimum Gasteiger partial charge on any atom is -0.446 e. The number of fused-ring (bicyclic) bond motifs is 5. The number of carbonyl (C=O) groups excluding carboxylic acids is 3. The Morgan fingerprint density at radius 2 is 2.00 bits per heavy atom. The minimum absolute atomic E-state index is 0.107. The molecule has 0 aliphatic heterocycles. The van der Waals surface area contributed by atoms with Crippen molar-refractivity contribution in [2.45, 2.75) is 57.9 Å². The number of aliphatic hydroxyl groups is 1. The highest BCUT2D eigenvalue weighted by Crippen LogP contribution is 2.69. The Morgan fingerprint density at radius 1 is 1.30 bits per heavy atom. The third kappa shape index (κ3) is 3.20. The average molecular weight is 485 g/mol. The first kappa shape index (κ1) is 24.2. The molecule has 0 aromatic rings. The Morgan fingerprint density at radius 3 is 2.64 bits per heavy atom. The van der Waals surface area contributed by atoms with E-state index < -0.39 is 52.8 Å². The average Bonchev–Trinajstić information content (AvgIpc) is 2.96. The van der Waals surface area contributed by atoms with Crippen LogP contribution in [-0.2, 0) is 23.8 Å². The summed E-state index contributed by atoms with van der Waals surface area (Å²) < 4.78 is 31.0. The predicted molar refractivity (Wildman–Crippen MR) is 116 cm³/mol. The highest BCUT2D eigenvalue weighted by atomic mass is 35.5. The van der Waals surface area contributed by atoms with Crippen LogP contribution in [-0.4, -0.2) is 54.1 Å². The molecule has 182 valence electrons. The van der Waals surface area contributed by atoms with Crippen LogP contribution in [0.25, 0.3) is 0 Å². The first-order valence-corrected chi connectivity index (χ1v) is 11.8. The van der Waals surface area contributed by atoms with Gasteiger partial charge in [-0.3, -0.25) is 4.79 Å². The Kier molecular flexibility index (Phi) is 5.93. The zero-order valence-electron chi connectivity index (χ0n) is 19.2. The van der Waals surface area contributed by atoms with Crippen LogP contribution in [0.3, 0.4) is 0 Å². The van der Waals surface area contributed by atoms with Crippen molar-refractivity contribution in [1.82, 2.24) is 0 Å². The number of ether oxygens (including phenoxy) is 3. The third-order valence-electron chi connectivity index (χ3n) is 8.92. The molecule has 4 aliphatic carbocycles. The number of carbonyl (C=O) groups is 3. The van der Waals surface area contributed by atoms with Crippen LogP contribution < -0.4 is 0 Å². The number of rotatable bonds is 3. The van der Waals surface area contributed by atoms with Crippen LogP contribution >= 0.6 is 11.6 Å². The molecule has 0 unspecified atom stereocenters. The fourth-order valence-corrected chi connectivity index (χ4v) is 7.78. The molecule has 9 heteroatoms. The fourth-order valence-electron chi connectivity index (χ4n) is 7.68. The molecule has 0 aromatic heterocycles. The van der Waals surface area contributed by atoms with E-state index >= 15 is 4.39 Å². The Balaban J connectivity index is 1.82. The summed E-state index contributed by atoms with van der Waals surface area (Å²) in [4.78, 5) is 37.5. The van der Waals surface area contributed by atoms with E-state index in [2.05, 4.69) is 0 Å². The molecule has 3 fully saturated rings. The van der Waals surface area contributed by atoms with E-state index in [0.29, 0.717) is 12.0 Å². The van der Waals surface area contributed by atoms with E-state index in [1.807, 2.05) is 6.92 Å². The zero-order chi connectivity index (χ0) is 24.3. The lowest BCUT2D eigenvalue weighted by molar-refractivity contribution is -0.206. The van der Waals surface area contributed by atoms with Gasteiger partial charge in [0.05, 0.1) is 13.2 Å². The Labute approximate surface area is 197 Å². The molecule has 0 saturated heterocycles. The van der Waals surface area contributed by atoms with Gasteiger partial charge in [-0.2, -0.15) is 0 Å². The van der Waals surface area contributed by atoms with E-state index in [1.54, 1.807) is 19.9 Å². The summed E-state index contributed by atoms with van der Waals surface area (Å²) in [6.45, 7) is 5.43. The van der Waals surface area contributed by atoms with Crippen molar-refractivity contribution < 1.29 is 38.1 Å². The maximum Gasteiger partial charge on any atom is 0.509 e. The molecule has 0 heterocycles. The Hall–Kier alpha value is -1.93. The van der Waals surface area contributed by atoms with Crippen LogP contribution in [0, 0.1) is 34.5 Å². The lowest BCUT2D eigenvalue weighted by Gasteiger charge is -2.60. The molecule has 9 atom stereocenters. The number of hydrogen-bond acceptors (Lipinski definition) is 7. The predicted octanol–water partition coefficient (Wildman–Crippen LogP) is 3.72. The molecule has 0 bridgehead atoms. The molecular formula is C24H30ClFO7. The van der Waals surface area contributed by atoms with Crippen molar-refractivity contribution >= 4 is 29.5 Å². The van der Waals surface area contributed by atoms with Crippen LogP contribution in [0.5, 0.6) is 0 Å². The number of hydrogen-bond donors (Lipinski definition) is 1. The van der Waals surface area contributed by atoms with Gasteiger partial charge in [-0.15, -0.1) is 0 Å². The van der Waals surface area contributed by atoms with E-state index in [0.717, 1.165) is 7.11 Å². The van der Waals surface area contributed by atoms with E-state index in [1.165, 1.54) is 12.2 Å². The van der Waals surface area contributed by atoms with Crippen LogP contribution in [0.2, 0.25) is 0 Å². The second-order valence-electron chi connectivity index (χ2n) is 10.3. The maximum atomic E-state index is 15.5. The van der Waals surface area contributed by atoms with Gasteiger partial charge in [-0.25, -0.2) is 14.0 Å². The molecule has 1 N–H and O–H groups in total. The van der Waals surface area contributed by atoms with Gasteiger partial charge in [0.1, 0.15) is 6.17 Å². The lowest BCUT2D eigenvalue weighted by Crippen LogP contribution is -2.64. The van der Waals surface area contributed by atoms with Crippen molar-refractivity contribution in [3.63, 3.8) is 0 Å². The largest absolute Gasteiger partial charge is 0.509 e. The van der Waals surface area contributed by atoms with Gasteiger partial charge in [0.15, 0.2) is 11.8 Å². The van der Waals surface area contributed by atoms with Crippen molar-refractivity contribution in [1.29, 1.82) is 0 Å².